The van der Waals surface area contributed by atoms with Gasteiger partial charge in [-0.1, -0.05) is 255 Å². The van der Waals surface area contributed by atoms with E-state index in [2.05, 4.69) is 206 Å². The molecule has 0 aliphatic heterocycles. The average molecular weight is 1200 g/mol. The Morgan fingerprint density at radius 3 is 0.766 bits per heavy atom. The molecule has 2 unspecified atom stereocenters. The zero-order chi connectivity index (χ0) is 61.8. The lowest BCUT2D eigenvalue weighted by atomic mass is 9.60. The summed E-state index contributed by atoms with van der Waals surface area (Å²) in [5, 5.41) is 4.46. The molecule has 2 bridgehead atoms. The molecule has 8 nitrogen and oxygen atoms in total. The van der Waals surface area contributed by atoms with E-state index in [1.54, 1.807) is 0 Å². The van der Waals surface area contributed by atoms with Crippen LogP contribution in [0.25, 0.3) is 157 Å². The number of hydrogen-bond donors (Lipinski definition) is 0. The molecular weight excluding hydrogens is 1150 g/mol. The Labute approximate surface area is 540 Å². The van der Waals surface area contributed by atoms with Gasteiger partial charge in [0.25, 0.3) is 0 Å². The molecule has 2 atom stereocenters. The molecule has 94 heavy (non-hydrogen) atoms. The van der Waals surface area contributed by atoms with Gasteiger partial charge < -0.3 is 8.83 Å². The molecule has 0 N–H and O–H groups in total. The van der Waals surface area contributed by atoms with Gasteiger partial charge in [-0.3, -0.25) is 0 Å². The molecule has 0 spiro atoms. The lowest BCUT2D eigenvalue weighted by Crippen LogP contribution is -2.27. The number of hydrogen-bond acceptors (Lipinski definition) is 8. The van der Waals surface area contributed by atoms with E-state index >= 15 is 0 Å². The lowest BCUT2D eigenvalue weighted by Gasteiger charge is -2.42. The van der Waals surface area contributed by atoms with E-state index in [0.717, 1.165) is 111 Å². The van der Waals surface area contributed by atoms with Crippen molar-refractivity contribution >= 4 is 43.9 Å². The van der Waals surface area contributed by atoms with Crippen molar-refractivity contribution < 1.29 is 8.83 Å². The third kappa shape index (κ3) is 9.06. The molecule has 0 saturated heterocycles. The molecule has 3 aliphatic carbocycles. The SMILES string of the molecule is c1ccc(-c2nc(-c3ccc(-c4ccc5c(c4)C4c6ccccc6C5c5cc(-c6ccc(-c7nc(-c8ccccc8)nc(-c8ccc(-c9ccc%10c(c9)oc9ccccc9%10)cc8)n7)cc6)ccc54)cc3)nc(-c3ccc(-c4ccc5c(c4)oc4ccccc45)cc3)n2)cc1. The van der Waals surface area contributed by atoms with Crippen molar-refractivity contribution in [2.75, 3.05) is 0 Å². The lowest BCUT2D eigenvalue weighted by molar-refractivity contribution is 0.668. The Bertz CT molecular complexity index is 5480. The van der Waals surface area contributed by atoms with Gasteiger partial charge in [0.15, 0.2) is 34.9 Å². The van der Waals surface area contributed by atoms with Crippen LogP contribution in [0.3, 0.4) is 0 Å². The van der Waals surface area contributed by atoms with Crippen molar-refractivity contribution in [1.82, 2.24) is 29.9 Å². The summed E-state index contributed by atoms with van der Waals surface area (Å²) in [6.45, 7) is 0. The molecule has 0 amide bonds. The number of fused-ring (bicyclic) bond motifs is 6. The third-order valence-corrected chi connectivity index (χ3v) is 19.0. The Morgan fingerprint density at radius 2 is 0.415 bits per heavy atom. The van der Waals surface area contributed by atoms with Crippen molar-refractivity contribution in [3.63, 3.8) is 0 Å². The number of benzene rings is 13. The van der Waals surface area contributed by atoms with Crippen molar-refractivity contribution in [2.24, 2.45) is 0 Å². The van der Waals surface area contributed by atoms with Crippen LogP contribution in [-0.4, -0.2) is 29.9 Å². The summed E-state index contributed by atoms with van der Waals surface area (Å²) in [6.07, 6.45) is 0. The quantitative estimate of drug-likeness (QED) is 0.133. The number of nitrogens with zero attached hydrogens (tertiary/aromatic N) is 6. The molecule has 0 saturated carbocycles. The number of aromatic nitrogens is 6. The van der Waals surface area contributed by atoms with Crippen molar-refractivity contribution in [2.45, 2.75) is 11.8 Å². The molecule has 3 aliphatic rings. The number of rotatable bonds is 10. The maximum atomic E-state index is 6.23. The van der Waals surface area contributed by atoms with Crippen LogP contribution in [0.2, 0.25) is 0 Å². The molecule has 0 fully saturated rings. The topological polar surface area (TPSA) is 104 Å². The molecule has 438 valence electrons. The summed E-state index contributed by atoms with van der Waals surface area (Å²) in [5.41, 5.74) is 26.1. The molecule has 13 aromatic carbocycles. The van der Waals surface area contributed by atoms with Gasteiger partial charge in [0.2, 0.25) is 0 Å². The monoisotopic (exact) mass is 1200 g/mol. The first-order chi connectivity index (χ1) is 46.5. The summed E-state index contributed by atoms with van der Waals surface area (Å²) in [6, 6.07) is 107. The highest BCUT2D eigenvalue weighted by molar-refractivity contribution is 6.07. The van der Waals surface area contributed by atoms with Crippen molar-refractivity contribution in [1.29, 1.82) is 0 Å². The molecule has 20 rings (SSSR count). The maximum Gasteiger partial charge on any atom is 0.164 e. The summed E-state index contributed by atoms with van der Waals surface area (Å²) in [5.74, 6) is 3.88. The maximum absolute atomic E-state index is 6.23. The van der Waals surface area contributed by atoms with E-state index in [1.165, 1.54) is 44.5 Å². The van der Waals surface area contributed by atoms with Gasteiger partial charge in [0.05, 0.1) is 0 Å². The van der Waals surface area contributed by atoms with Gasteiger partial charge in [0.1, 0.15) is 22.3 Å². The van der Waals surface area contributed by atoms with E-state index in [-0.39, 0.29) is 11.8 Å². The van der Waals surface area contributed by atoms with Gasteiger partial charge in [-0.15, -0.1) is 0 Å². The van der Waals surface area contributed by atoms with Crippen LogP contribution in [0.1, 0.15) is 45.2 Å². The van der Waals surface area contributed by atoms with E-state index in [9.17, 15) is 0 Å². The fourth-order valence-corrected chi connectivity index (χ4v) is 14.3. The summed E-state index contributed by atoms with van der Waals surface area (Å²) in [4.78, 5) is 30.5. The predicted octanol–water partition coefficient (Wildman–Crippen LogP) is 21.5. The minimum Gasteiger partial charge on any atom is -0.456 e. The smallest absolute Gasteiger partial charge is 0.164 e. The molecule has 0 radical (unpaired) electrons. The Kier molecular flexibility index (Phi) is 12.2. The normalized spacial score (nSPS) is 13.7. The minimum absolute atomic E-state index is 0.0938. The Morgan fingerprint density at radius 1 is 0.170 bits per heavy atom. The van der Waals surface area contributed by atoms with Gasteiger partial charge in [-0.05, 0) is 126 Å². The fraction of sp³-hybridized carbons (Fsp3) is 0.0233. The molecule has 4 aromatic heterocycles. The predicted molar refractivity (Wildman–Crippen MR) is 377 cm³/mol. The molecule has 8 heteroatoms. The largest absolute Gasteiger partial charge is 0.456 e. The average Bonchev–Trinajstić information content (AvgIpc) is 0.919. The number of furan rings is 2. The minimum atomic E-state index is 0.0938. The fourth-order valence-electron chi connectivity index (χ4n) is 14.3. The summed E-state index contributed by atoms with van der Waals surface area (Å²) in [7, 11) is 0. The number of para-hydroxylation sites is 2. The second-order valence-electron chi connectivity index (χ2n) is 24.5. The van der Waals surface area contributed by atoms with E-state index < -0.39 is 0 Å². The highest BCUT2D eigenvalue weighted by atomic mass is 16.3. The third-order valence-electron chi connectivity index (χ3n) is 19.0. The van der Waals surface area contributed by atoms with Crippen LogP contribution in [0.5, 0.6) is 0 Å². The molecular formula is C86H52N6O2. The van der Waals surface area contributed by atoms with Crippen molar-refractivity contribution in [3.05, 3.63) is 337 Å². The summed E-state index contributed by atoms with van der Waals surface area (Å²) < 4.78 is 12.5. The highest BCUT2D eigenvalue weighted by Crippen LogP contribution is 2.57. The molecule has 4 heterocycles. The van der Waals surface area contributed by atoms with E-state index in [1.807, 2.05) is 97.1 Å². The van der Waals surface area contributed by atoms with Crippen molar-refractivity contribution in [3.8, 4) is 113 Å². The highest BCUT2D eigenvalue weighted by Gasteiger charge is 2.41. The Balaban J connectivity index is 0.604. The van der Waals surface area contributed by atoms with Crippen LogP contribution in [0.15, 0.2) is 312 Å². The van der Waals surface area contributed by atoms with Crippen LogP contribution < -0.4 is 0 Å². The van der Waals surface area contributed by atoms with Crippen LogP contribution >= 0.6 is 0 Å². The first-order valence-corrected chi connectivity index (χ1v) is 31.8. The van der Waals surface area contributed by atoms with Crippen LogP contribution in [-0.2, 0) is 0 Å². The summed E-state index contributed by atoms with van der Waals surface area (Å²) >= 11 is 0. The zero-order valence-corrected chi connectivity index (χ0v) is 50.5. The van der Waals surface area contributed by atoms with E-state index in [0.29, 0.717) is 34.9 Å². The van der Waals surface area contributed by atoms with Crippen LogP contribution in [0.4, 0.5) is 0 Å². The second-order valence-corrected chi connectivity index (χ2v) is 24.5. The van der Waals surface area contributed by atoms with E-state index in [4.69, 9.17) is 38.7 Å². The van der Waals surface area contributed by atoms with Gasteiger partial charge >= 0.3 is 0 Å². The first-order valence-electron chi connectivity index (χ1n) is 31.8. The first kappa shape index (κ1) is 53.3. The van der Waals surface area contributed by atoms with Gasteiger partial charge in [0, 0.05) is 66.8 Å². The van der Waals surface area contributed by atoms with Gasteiger partial charge in [-0.25, -0.2) is 29.9 Å². The second kappa shape index (κ2) is 21.6. The molecule has 17 aromatic rings. The standard InChI is InChI=1S/C86H52N6O2/c1-3-13-55(14-4-1)81-87-83(91-85(89-81)59-35-27-53(28-36-59)63-39-43-67-65-17-9-11-21-75(65)93-77(67)49-63)57-31-23-51(24-32-57)61-41-45-71-73(47-61)79-69-19-7-8-20-70(69)80(71)74-48-62(42-46-72(74)79)52-25-33-58(34-26-52)84-88-82(56-15-5-2-6-16-56)90-86(92-84)60-37-29-54(30-38-60)64-40-44-68-66-18-10-12-22-76(66)94-78(68)50-64/h1-50,79-80H. The van der Waals surface area contributed by atoms with Crippen LogP contribution in [0, 0.1) is 0 Å². The van der Waals surface area contributed by atoms with Gasteiger partial charge in [-0.2, -0.15) is 0 Å². The zero-order valence-electron chi connectivity index (χ0n) is 50.5. The Hall–Kier alpha value is -12.5.